The minimum atomic E-state index is -0.546. The molecule has 0 bridgehead atoms. The number of methoxy groups -OCH3 is 1. The van der Waals surface area contributed by atoms with Crippen molar-refractivity contribution < 1.29 is 9.53 Å². The third-order valence-corrected chi connectivity index (χ3v) is 3.68. The molecule has 21 heavy (non-hydrogen) atoms. The van der Waals surface area contributed by atoms with Gasteiger partial charge in [-0.3, -0.25) is 0 Å². The molecule has 0 spiro atoms. The van der Waals surface area contributed by atoms with Gasteiger partial charge in [-0.15, -0.1) is 5.10 Å². The number of aromatic nitrogens is 3. The molecule has 0 saturated heterocycles. The molecule has 0 saturated carbocycles. The molecule has 1 heterocycles. The molecule has 0 atom stereocenters. The van der Waals surface area contributed by atoms with Crippen molar-refractivity contribution in [2.75, 3.05) is 13.7 Å². The number of carbonyl (C=O) groups excluding carboxylic acids is 1. The van der Waals surface area contributed by atoms with E-state index in [-0.39, 0.29) is 5.69 Å². The fraction of sp³-hybridized carbons (Fsp3) is 0.308. The van der Waals surface area contributed by atoms with Crippen molar-refractivity contribution in [2.24, 2.45) is 5.73 Å². The fourth-order valence-electron chi connectivity index (χ4n) is 1.93. The summed E-state index contributed by atoms with van der Waals surface area (Å²) in [4.78, 5) is 11.7. The summed E-state index contributed by atoms with van der Waals surface area (Å²) in [5, 5.41) is 8.88. The summed E-state index contributed by atoms with van der Waals surface area (Å²) in [6.45, 7) is 0.658. The van der Waals surface area contributed by atoms with Gasteiger partial charge in [0.1, 0.15) is 0 Å². The number of halogens is 2. The van der Waals surface area contributed by atoms with Gasteiger partial charge in [-0.1, -0.05) is 34.5 Å². The quantitative estimate of drug-likeness (QED) is 0.848. The van der Waals surface area contributed by atoms with E-state index in [1.165, 1.54) is 7.11 Å². The Bertz CT molecular complexity index is 637. The van der Waals surface area contributed by atoms with Crippen molar-refractivity contribution >= 4 is 29.2 Å². The molecule has 0 amide bonds. The van der Waals surface area contributed by atoms with Crippen LogP contribution in [0.25, 0.3) is 0 Å². The lowest BCUT2D eigenvalue weighted by molar-refractivity contribution is 0.0592. The van der Waals surface area contributed by atoms with Gasteiger partial charge in [0.05, 0.1) is 19.3 Å². The molecular formula is C13H14Cl2N4O2. The number of hydrogen-bond donors (Lipinski definition) is 1. The van der Waals surface area contributed by atoms with E-state index in [1.54, 1.807) is 22.9 Å². The lowest BCUT2D eigenvalue weighted by Gasteiger charge is -2.09. The summed E-state index contributed by atoms with van der Waals surface area (Å²) in [5.41, 5.74) is 7.04. The van der Waals surface area contributed by atoms with E-state index in [4.69, 9.17) is 28.9 Å². The van der Waals surface area contributed by atoms with Crippen molar-refractivity contribution in [1.82, 2.24) is 15.0 Å². The molecule has 0 aliphatic rings. The van der Waals surface area contributed by atoms with Gasteiger partial charge in [-0.05, 0) is 18.7 Å². The van der Waals surface area contributed by atoms with Crippen LogP contribution >= 0.6 is 23.2 Å². The van der Waals surface area contributed by atoms with E-state index in [1.807, 2.05) is 0 Å². The summed E-state index contributed by atoms with van der Waals surface area (Å²) in [7, 11) is 1.29. The zero-order chi connectivity index (χ0) is 15.4. The predicted molar refractivity (Wildman–Crippen MR) is 79.7 cm³/mol. The second-order valence-electron chi connectivity index (χ2n) is 4.27. The Balaban J connectivity index is 2.40. The number of nitrogens with two attached hydrogens (primary N) is 1. The minimum Gasteiger partial charge on any atom is -0.464 e. The van der Waals surface area contributed by atoms with Gasteiger partial charge < -0.3 is 10.5 Å². The molecule has 0 fully saturated rings. The van der Waals surface area contributed by atoms with Gasteiger partial charge in [0.25, 0.3) is 0 Å². The van der Waals surface area contributed by atoms with E-state index in [2.05, 4.69) is 15.0 Å². The first kappa shape index (κ1) is 15.8. The van der Waals surface area contributed by atoms with Crippen LogP contribution in [0.1, 0.15) is 21.7 Å². The van der Waals surface area contributed by atoms with Crippen LogP contribution in [0.15, 0.2) is 18.2 Å². The molecule has 6 nitrogen and oxygen atoms in total. The van der Waals surface area contributed by atoms with E-state index in [9.17, 15) is 4.79 Å². The van der Waals surface area contributed by atoms with Crippen LogP contribution in [0, 0.1) is 0 Å². The van der Waals surface area contributed by atoms with E-state index >= 15 is 0 Å². The highest BCUT2D eigenvalue weighted by Crippen LogP contribution is 2.25. The molecule has 2 N–H and O–H groups in total. The fourth-order valence-corrected chi connectivity index (χ4v) is 2.45. The van der Waals surface area contributed by atoms with Crippen LogP contribution in [-0.4, -0.2) is 34.6 Å². The standard InChI is InChI=1S/C13H14Cl2N4O2/c1-21-13(20)12-11(5-6-16)19(18-17-12)7-8-9(14)3-2-4-10(8)15/h2-4H,5-7,16H2,1H3. The number of esters is 1. The molecule has 2 aromatic rings. The Hall–Kier alpha value is -1.63. The second kappa shape index (κ2) is 6.89. The molecule has 0 aliphatic carbocycles. The molecular weight excluding hydrogens is 315 g/mol. The highest BCUT2D eigenvalue weighted by Gasteiger charge is 2.20. The smallest absolute Gasteiger partial charge is 0.360 e. The van der Waals surface area contributed by atoms with Crippen LogP contribution in [0.5, 0.6) is 0 Å². The Kier molecular flexibility index (Phi) is 5.17. The van der Waals surface area contributed by atoms with Crippen molar-refractivity contribution in [3.05, 3.63) is 45.2 Å². The zero-order valence-electron chi connectivity index (χ0n) is 11.3. The van der Waals surface area contributed by atoms with Gasteiger partial charge in [0.2, 0.25) is 0 Å². The third kappa shape index (κ3) is 3.34. The molecule has 112 valence electrons. The topological polar surface area (TPSA) is 83.0 Å². The molecule has 0 aliphatic heterocycles. The summed E-state index contributed by atoms with van der Waals surface area (Å²) in [6, 6.07) is 5.24. The first-order chi connectivity index (χ1) is 10.1. The maximum atomic E-state index is 11.7. The SMILES string of the molecule is COC(=O)c1nnn(Cc2c(Cl)cccc2Cl)c1CCN. The average molecular weight is 329 g/mol. The highest BCUT2D eigenvalue weighted by molar-refractivity contribution is 6.35. The van der Waals surface area contributed by atoms with Gasteiger partial charge in [0, 0.05) is 22.0 Å². The van der Waals surface area contributed by atoms with Crippen LogP contribution in [0.4, 0.5) is 0 Å². The third-order valence-electron chi connectivity index (χ3n) is 2.97. The first-order valence-electron chi connectivity index (χ1n) is 6.22. The van der Waals surface area contributed by atoms with Crippen LogP contribution < -0.4 is 5.73 Å². The molecule has 1 aromatic carbocycles. The van der Waals surface area contributed by atoms with E-state index in [0.29, 0.717) is 40.8 Å². The van der Waals surface area contributed by atoms with Crippen molar-refractivity contribution in [2.45, 2.75) is 13.0 Å². The van der Waals surface area contributed by atoms with Gasteiger partial charge in [-0.25, -0.2) is 9.48 Å². The van der Waals surface area contributed by atoms with Gasteiger partial charge in [0.15, 0.2) is 5.69 Å². The lowest BCUT2D eigenvalue weighted by Crippen LogP contribution is -2.15. The number of carbonyl (C=O) groups is 1. The Morgan fingerprint density at radius 1 is 1.38 bits per heavy atom. The van der Waals surface area contributed by atoms with Crippen LogP contribution in [-0.2, 0) is 17.7 Å². The van der Waals surface area contributed by atoms with Gasteiger partial charge >= 0.3 is 5.97 Å². The lowest BCUT2D eigenvalue weighted by atomic mass is 10.2. The Morgan fingerprint density at radius 2 is 2.05 bits per heavy atom. The average Bonchev–Trinajstić information content (AvgIpc) is 2.86. The first-order valence-corrected chi connectivity index (χ1v) is 6.97. The van der Waals surface area contributed by atoms with Gasteiger partial charge in [-0.2, -0.15) is 0 Å². The molecule has 0 unspecified atom stereocenters. The number of benzene rings is 1. The monoisotopic (exact) mass is 328 g/mol. The Labute approximate surface area is 131 Å². The molecule has 0 radical (unpaired) electrons. The largest absolute Gasteiger partial charge is 0.464 e. The number of hydrogen-bond acceptors (Lipinski definition) is 5. The summed E-state index contributed by atoms with van der Waals surface area (Å²) < 4.78 is 6.25. The maximum absolute atomic E-state index is 11.7. The number of ether oxygens (including phenoxy) is 1. The number of nitrogens with zero attached hydrogens (tertiary/aromatic N) is 3. The Morgan fingerprint density at radius 3 is 2.62 bits per heavy atom. The minimum absolute atomic E-state index is 0.158. The highest BCUT2D eigenvalue weighted by atomic mass is 35.5. The van der Waals surface area contributed by atoms with Crippen molar-refractivity contribution in [3.8, 4) is 0 Å². The molecule has 8 heteroatoms. The zero-order valence-corrected chi connectivity index (χ0v) is 12.9. The second-order valence-corrected chi connectivity index (χ2v) is 5.09. The maximum Gasteiger partial charge on any atom is 0.360 e. The van der Waals surface area contributed by atoms with Crippen molar-refractivity contribution in [1.29, 1.82) is 0 Å². The van der Waals surface area contributed by atoms with Crippen LogP contribution in [0.3, 0.4) is 0 Å². The van der Waals surface area contributed by atoms with E-state index < -0.39 is 5.97 Å². The number of rotatable bonds is 5. The van der Waals surface area contributed by atoms with Crippen LogP contribution in [0.2, 0.25) is 10.0 Å². The summed E-state index contributed by atoms with van der Waals surface area (Å²) in [5.74, 6) is -0.546. The molecule has 2 rings (SSSR count). The predicted octanol–water partition coefficient (Wildman–Crippen LogP) is 1.92. The molecule has 1 aromatic heterocycles. The summed E-state index contributed by atoms with van der Waals surface area (Å²) >= 11 is 12.3. The normalized spacial score (nSPS) is 10.7. The summed E-state index contributed by atoms with van der Waals surface area (Å²) in [6.07, 6.45) is 0.444. The van der Waals surface area contributed by atoms with Crippen molar-refractivity contribution in [3.63, 3.8) is 0 Å². The van der Waals surface area contributed by atoms with E-state index in [0.717, 1.165) is 0 Å².